The van der Waals surface area contributed by atoms with Crippen molar-refractivity contribution in [1.82, 2.24) is 10.2 Å². The molecule has 0 aromatic heterocycles. The molecule has 1 N–H and O–H groups in total. The monoisotopic (exact) mass is 354 g/mol. The van der Waals surface area contributed by atoms with Crippen molar-refractivity contribution in [2.75, 3.05) is 26.2 Å². The maximum Gasteiger partial charge on any atom is 0.226 e. The number of halogens is 1. The van der Waals surface area contributed by atoms with Gasteiger partial charge >= 0.3 is 0 Å². The third kappa shape index (κ3) is 6.70. The zero-order chi connectivity index (χ0) is 16.7. The number of rotatable bonds is 7. The van der Waals surface area contributed by atoms with Crippen molar-refractivity contribution in [3.8, 4) is 5.75 Å². The smallest absolute Gasteiger partial charge is 0.226 e. The topological polar surface area (TPSA) is 41.6 Å². The number of carbonyl (C=O) groups excluding carboxylic acids is 1. The average Bonchev–Trinajstić information content (AvgIpc) is 2.53. The van der Waals surface area contributed by atoms with Crippen LogP contribution < -0.4 is 10.1 Å². The number of nitrogens with one attached hydrogen (secondary N) is 1. The van der Waals surface area contributed by atoms with E-state index in [4.69, 9.17) is 4.74 Å². The predicted octanol–water partition coefficient (Wildman–Crippen LogP) is 3.29. The number of amides is 1. The van der Waals surface area contributed by atoms with Crippen LogP contribution in [-0.2, 0) is 11.2 Å². The number of carbonyl (C=O) groups is 1. The molecule has 1 aliphatic heterocycles. The molecular formula is C19H31ClN2O2. The lowest BCUT2D eigenvalue weighted by Crippen LogP contribution is -2.41. The molecule has 5 heteroatoms. The molecule has 0 radical (unpaired) electrons. The first-order valence-corrected chi connectivity index (χ1v) is 8.82. The van der Waals surface area contributed by atoms with Gasteiger partial charge in [0, 0.05) is 13.1 Å². The van der Waals surface area contributed by atoms with Gasteiger partial charge in [0.05, 0.1) is 12.5 Å². The Balaban J connectivity index is 0.00000288. The Kier molecular flexibility index (Phi) is 9.16. The minimum absolute atomic E-state index is 0. The summed E-state index contributed by atoms with van der Waals surface area (Å²) >= 11 is 0. The molecule has 0 bridgehead atoms. The fourth-order valence-corrected chi connectivity index (χ4v) is 3.02. The second kappa shape index (κ2) is 10.6. The first-order valence-electron chi connectivity index (χ1n) is 8.82. The van der Waals surface area contributed by atoms with Gasteiger partial charge in [-0.15, -0.1) is 12.4 Å². The highest BCUT2D eigenvalue weighted by atomic mass is 35.5. The Labute approximate surface area is 152 Å². The lowest BCUT2D eigenvalue weighted by molar-refractivity contribution is -0.131. The molecule has 1 aliphatic rings. The predicted molar refractivity (Wildman–Crippen MR) is 101 cm³/mol. The zero-order valence-electron chi connectivity index (χ0n) is 15.1. The van der Waals surface area contributed by atoms with Gasteiger partial charge in [-0.3, -0.25) is 4.79 Å². The number of benzene rings is 1. The molecule has 1 fully saturated rings. The van der Waals surface area contributed by atoms with Gasteiger partial charge in [0.2, 0.25) is 5.91 Å². The summed E-state index contributed by atoms with van der Waals surface area (Å²) < 4.78 is 5.70. The minimum Gasteiger partial charge on any atom is -0.491 e. The molecule has 4 nitrogen and oxygen atoms in total. The highest BCUT2D eigenvalue weighted by molar-refractivity contribution is 5.85. The molecule has 2 rings (SSSR count). The van der Waals surface area contributed by atoms with E-state index in [0.717, 1.165) is 50.3 Å². The lowest BCUT2D eigenvalue weighted by Gasteiger charge is -2.32. The van der Waals surface area contributed by atoms with E-state index in [9.17, 15) is 4.79 Å². The van der Waals surface area contributed by atoms with Gasteiger partial charge in [-0.1, -0.05) is 19.1 Å². The SMILES string of the molecule is CCNCC1CCN(C(=O)Cc2cccc(OC(C)C)c2)CC1.Cl. The summed E-state index contributed by atoms with van der Waals surface area (Å²) in [7, 11) is 0. The number of likely N-dealkylation sites (tertiary alicyclic amines) is 1. The van der Waals surface area contributed by atoms with Gasteiger partial charge in [0.15, 0.2) is 0 Å². The van der Waals surface area contributed by atoms with Crippen LogP contribution in [0.3, 0.4) is 0 Å². The van der Waals surface area contributed by atoms with Crippen LogP contribution in [0.1, 0.15) is 39.2 Å². The number of hydrogen-bond acceptors (Lipinski definition) is 3. The molecule has 136 valence electrons. The average molecular weight is 355 g/mol. The zero-order valence-corrected chi connectivity index (χ0v) is 15.9. The van der Waals surface area contributed by atoms with Crippen molar-refractivity contribution >= 4 is 18.3 Å². The molecule has 0 spiro atoms. The van der Waals surface area contributed by atoms with Crippen molar-refractivity contribution in [3.05, 3.63) is 29.8 Å². The van der Waals surface area contributed by atoms with E-state index in [1.165, 1.54) is 0 Å². The molecule has 1 saturated heterocycles. The van der Waals surface area contributed by atoms with Crippen LogP contribution in [0.25, 0.3) is 0 Å². The Morgan fingerprint density at radius 3 is 2.67 bits per heavy atom. The van der Waals surface area contributed by atoms with Crippen molar-refractivity contribution in [1.29, 1.82) is 0 Å². The van der Waals surface area contributed by atoms with E-state index in [0.29, 0.717) is 12.3 Å². The molecule has 0 aliphatic carbocycles. The van der Waals surface area contributed by atoms with E-state index >= 15 is 0 Å². The van der Waals surface area contributed by atoms with Gasteiger partial charge in [-0.25, -0.2) is 0 Å². The quantitative estimate of drug-likeness (QED) is 0.817. The van der Waals surface area contributed by atoms with Crippen LogP contribution in [0.2, 0.25) is 0 Å². The summed E-state index contributed by atoms with van der Waals surface area (Å²) in [5.41, 5.74) is 1.03. The van der Waals surface area contributed by atoms with E-state index in [-0.39, 0.29) is 24.4 Å². The molecule has 0 saturated carbocycles. The van der Waals surface area contributed by atoms with Gasteiger partial charge in [-0.2, -0.15) is 0 Å². The fraction of sp³-hybridized carbons (Fsp3) is 0.632. The summed E-state index contributed by atoms with van der Waals surface area (Å²) in [5.74, 6) is 1.78. The van der Waals surface area contributed by atoms with Crippen LogP contribution in [0.4, 0.5) is 0 Å². The maximum atomic E-state index is 12.5. The molecule has 24 heavy (non-hydrogen) atoms. The summed E-state index contributed by atoms with van der Waals surface area (Å²) in [6, 6.07) is 7.89. The second-order valence-corrected chi connectivity index (χ2v) is 6.62. The van der Waals surface area contributed by atoms with Crippen LogP contribution in [0.15, 0.2) is 24.3 Å². The number of nitrogens with zero attached hydrogens (tertiary/aromatic N) is 1. The van der Waals surface area contributed by atoms with Gasteiger partial charge < -0.3 is 15.0 Å². The molecule has 1 heterocycles. The highest BCUT2D eigenvalue weighted by Gasteiger charge is 2.22. The Morgan fingerprint density at radius 1 is 1.33 bits per heavy atom. The van der Waals surface area contributed by atoms with Crippen molar-refractivity contribution in [2.24, 2.45) is 5.92 Å². The van der Waals surface area contributed by atoms with Crippen LogP contribution >= 0.6 is 12.4 Å². The molecule has 1 aromatic carbocycles. The first kappa shape index (κ1) is 20.8. The molecule has 1 amide bonds. The largest absolute Gasteiger partial charge is 0.491 e. The molecular weight excluding hydrogens is 324 g/mol. The van der Waals surface area contributed by atoms with E-state index in [1.807, 2.05) is 43.0 Å². The van der Waals surface area contributed by atoms with Crippen LogP contribution in [0.5, 0.6) is 5.75 Å². The maximum absolute atomic E-state index is 12.5. The van der Waals surface area contributed by atoms with Crippen molar-refractivity contribution < 1.29 is 9.53 Å². The number of hydrogen-bond donors (Lipinski definition) is 1. The Morgan fingerprint density at radius 2 is 2.04 bits per heavy atom. The summed E-state index contributed by atoms with van der Waals surface area (Å²) in [6.07, 6.45) is 2.83. The summed E-state index contributed by atoms with van der Waals surface area (Å²) in [4.78, 5) is 14.5. The number of ether oxygens (including phenoxy) is 1. The second-order valence-electron chi connectivity index (χ2n) is 6.62. The van der Waals surface area contributed by atoms with E-state index in [2.05, 4.69) is 12.2 Å². The first-order chi connectivity index (χ1) is 11.1. The minimum atomic E-state index is 0. The molecule has 0 atom stereocenters. The van der Waals surface area contributed by atoms with Crippen LogP contribution in [0, 0.1) is 5.92 Å². The fourth-order valence-electron chi connectivity index (χ4n) is 3.02. The van der Waals surface area contributed by atoms with Gasteiger partial charge in [0.25, 0.3) is 0 Å². The summed E-state index contributed by atoms with van der Waals surface area (Å²) in [5, 5.41) is 3.41. The Bertz CT molecular complexity index is 500. The lowest BCUT2D eigenvalue weighted by atomic mass is 9.96. The standard InChI is InChI=1S/C19H30N2O2.ClH/c1-4-20-14-16-8-10-21(11-9-16)19(22)13-17-6-5-7-18(12-17)23-15(2)3;/h5-7,12,15-16,20H,4,8-11,13-14H2,1-3H3;1H. The molecule has 0 unspecified atom stereocenters. The molecule has 1 aromatic rings. The highest BCUT2D eigenvalue weighted by Crippen LogP contribution is 2.19. The third-order valence-electron chi connectivity index (χ3n) is 4.28. The number of piperidine rings is 1. The van der Waals surface area contributed by atoms with E-state index in [1.54, 1.807) is 0 Å². The van der Waals surface area contributed by atoms with Crippen molar-refractivity contribution in [2.45, 2.75) is 46.1 Å². The third-order valence-corrected chi connectivity index (χ3v) is 4.28. The van der Waals surface area contributed by atoms with Crippen molar-refractivity contribution in [3.63, 3.8) is 0 Å². The normalized spacial score (nSPS) is 15.2. The van der Waals surface area contributed by atoms with E-state index < -0.39 is 0 Å². The Hall–Kier alpha value is -1.26. The summed E-state index contributed by atoms with van der Waals surface area (Å²) in [6.45, 7) is 10.0. The van der Waals surface area contributed by atoms with Gasteiger partial charge in [-0.05, 0) is 63.4 Å². The van der Waals surface area contributed by atoms with Crippen LogP contribution in [-0.4, -0.2) is 43.1 Å². The van der Waals surface area contributed by atoms with Gasteiger partial charge in [0.1, 0.15) is 5.75 Å².